The normalized spacial score (nSPS) is 12.0. The van der Waals surface area contributed by atoms with E-state index in [2.05, 4.69) is 367 Å². The Labute approximate surface area is 823 Å². The molecule has 0 aliphatic rings. The van der Waals surface area contributed by atoms with Crippen LogP contribution in [0, 0.1) is 0 Å². The summed E-state index contributed by atoms with van der Waals surface area (Å²) in [6.07, 6.45) is 5.55. The lowest BCUT2D eigenvalue weighted by molar-refractivity contribution is 0.669. The van der Waals surface area contributed by atoms with Crippen LogP contribution in [0.1, 0.15) is 22.3 Å². The summed E-state index contributed by atoms with van der Waals surface area (Å²) in [4.78, 5) is 46.0. The number of benzene rings is 18. The van der Waals surface area contributed by atoms with Crippen molar-refractivity contribution in [2.45, 2.75) is 22.3 Å². The topological polar surface area (TPSA) is 170 Å². The van der Waals surface area contributed by atoms with E-state index < -0.39 is 0 Å². The van der Waals surface area contributed by atoms with Crippen molar-refractivity contribution in [1.82, 2.24) is 71.8 Å². The molecule has 33 rings (SSSR count). The highest BCUT2D eigenvalue weighted by Gasteiger charge is 2.28. The first-order valence-corrected chi connectivity index (χ1v) is 47.9. The molecule has 0 radical (unpaired) electrons. The van der Waals surface area contributed by atoms with Gasteiger partial charge in [0.15, 0.2) is 0 Å². The second-order valence-electron chi connectivity index (χ2n) is 36.3. The van der Waals surface area contributed by atoms with Crippen LogP contribution in [-0.4, -0.2) is 71.8 Å². The largest absolute Gasteiger partial charge is 0.456 e. The summed E-state index contributed by atoms with van der Waals surface area (Å²) in [7, 11) is 0. The van der Waals surface area contributed by atoms with Gasteiger partial charge in [0.25, 0.3) is 0 Å². The fourth-order valence-corrected chi connectivity index (χ4v) is 23.5. The third kappa shape index (κ3) is 12.2. The summed E-state index contributed by atoms with van der Waals surface area (Å²) in [6.45, 7) is 0. The van der Waals surface area contributed by atoms with Crippen LogP contribution in [0.2, 0.25) is 0 Å². The van der Waals surface area contributed by atoms with Crippen LogP contribution in [0.5, 0.6) is 0 Å². The number of fused-ring (bicyclic) bond motifs is 42. The number of pyridine rings is 6. The molecule has 18 aromatic carbocycles. The Balaban J connectivity index is 0.000000104. The lowest BCUT2D eigenvalue weighted by Gasteiger charge is -2.11. The monoisotopic (exact) mass is 1870 g/mol. The van der Waals surface area contributed by atoms with Crippen LogP contribution in [0.4, 0.5) is 0 Å². The molecule has 0 unspecified atom stereocenters. The molecule has 0 atom stereocenters. The van der Waals surface area contributed by atoms with Gasteiger partial charge in [0.05, 0.1) is 99.3 Å². The van der Waals surface area contributed by atoms with Crippen LogP contribution in [-0.2, 0) is 0 Å². The van der Waals surface area contributed by atoms with Crippen LogP contribution in [0.3, 0.4) is 0 Å². The predicted molar refractivity (Wildman–Crippen MR) is 597 cm³/mol. The first-order chi connectivity index (χ1) is 69.9. The van der Waals surface area contributed by atoms with Gasteiger partial charge in [-0.25, -0.2) is 29.9 Å². The molecule has 0 saturated heterocycles. The van der Waals surface area contributed by atoms with E-state index in [1.54, 1.807) is 0 Å². The Kier molecular flexibility index (Phi) is 18.4. The van der Waals surface area contributed by atoms with Gasteiger partial charge in [-0.05, 0) is 230 Å². The summed E-state index contributed by atoms with van der Waals surface area (Å²) in [5.74, 6) is 4.87. The van der Waals surface area contributed by atoms with Crippen molar-refractivity contribution in [1.29, 1.82) is 0 Å². The van der Waals surface area contributed by atoms with E-state index in [4.69, 9.17) is 53.7 Å². The van der Waals surface area contributed by atoms with Gasteiger partial charge in [0, 0.05) is 98.2 Å². The van der Waals surface area contributed by atoms with Gasteiger partial charge in [-0.2, -0.15) is 0 Å². The van der Waals surface area contributed by atoms with Gasteiger partial charge >= 0.3 is 0 Å². The first kappa shape index (κ1) is 83.0. The zero-order valence-electron chi connectivity index (χ0n) is 74.8. The van der Waals surface area contributed by atoms with E-state index in [1.807, 2.05) is 90.6 Å². The molecule has 0 saturated carbocycles. The van der Waals surface area contributed by atoms with Gasteiger partial charge in [-0.15, -0.1) is 11.3 Å². The Bertz CT molecular complexity index is 10700. The average molecular weight is 1870 g/mol. The van der Waals surface area contributed by atoms with Gasteiger partial charge < -0.3 is 8.83 Å². The van der Waals surface area contributed by atoms with Crippen LogP contribution in [0.25, 0.3) is 296 Å². The van der Waals surface area contributed by atoms with Crippen LogP contribution >= 0.6 is 11.3 Å². The second-order valence-corrected chi connectivity index (χ2v) is 37.3. The van der Waals surface area contributed by atoms with E-state index in [9.17, 15) is 0 Å². The summed E-state index contributed by atoms with van der Waals surface area (Å²) >= 11 is 1.85. The molecule has 18 heteroatoms. The Hall–Kier alpha value is -19.2. The number of rotatable bonds is 6. The fourth-order valence-electron chi connectivity index (χ4n) is 22.4. The van der Waals surface area contributed by atoms with E-state index in [0.717, 1.165) is 233 Å². The Morgan fingerprint density at radius 2 is 0.521 bits per heavy atom. The minimum absolute atomic E-state index is 0. The minimum Gasteiger partial charge on any atom is -0.456 e. The van der Waals surface area contributed by atoms with Crippen molar-refractivity contribution in [2.75, 3.05) is 0 Å². The SMILES string of the molecule is C.C.C.c1ccc2c(c1)nc1n(-c3ccc4c5ccccc5c5cccnc5c4n3)c3ccc(-c4ccc5oc6ccccc6c5c4)cc3n21.c1ccc2c(c1)nc1n(-c3ccc4c5ccccc5c5cccnc5c4n3)c3ccc(-c4ccc5sc6ccccc6c5c4)cc3n21.c1ccc2c(c1)nc1n(-c3ccc4c5ccccc5c5cccnc5c4n3)c3ccc(-c4cccc5c4oc4ccccc45)cc3n21. The number of furan rings is 2. The average Bonchev–Trinajstić information content (AvgIpc) is 1.48. The predicted octanol–water partition coefficient (Wildman–Crippen LogP) is 33.1. The molecule has 17 nitrogen and oxygen atoms in total. The number of aromatic nitrogens is 15. The number of hydrogen-bond donors (Lipinski definition) is 0. The van der Waals surface area contributed by atoms with Crippen molar-refractivity contribution in [3.8, 4) is 50.8 Å². The number of hydrogen-bond acceptors (Lipinski definition) is 12. The number of thiophene rings is 1. The maximum Gasteiger partial charge on any atom is 0.221 e. The standard InChI is InChI=1S/2C41H23N5O.C41H23N5S.3CH4/c1-2-10-27-26(9-1)29-14-8-22-42-38(29)39-30(27)19-21-37(44-39)46-34-20-18-24(23-35(34)45-33-16-5-4-15-32(33)43-41(45)46)25-12-7-13-31-28-11-3-6-17-36(28)47-40(25)31;2*1-2-9-27-26(8-1)29-11-7-21-42-39(29)40-30(27)17-20-38(44-40)46-34-18-15-25(23-35(34)45-33-13-5-4-12-32(33)43-41(45)46)24-16-19-37-31(22-24)28-10-3-6-14-36(28)47-37;;;/h3*1-23H;3*1H4. The molecule has 0 aliphatic carbocycles. The lowest BCUT2D eigenvalue weighted by Crippen LogP contribution is -1.99. The molecule has 33 aromatic rings. The zero-order valence-corrected chi connectivity index (χ0v) is 75.6. The highest BCUT2D eigenvalue weighted by molar-refractivity contribution is 7.25. The number of imidazole rings is 6. The minimum atomic E-state index is 0. The van der Waals surface area contributed by atoms with Crippen molar-refractivity contribution in [2.24, 2.45) is 0 Å². The highest BCUT2D eigenvalue weighted by Crippen LogP contribution is 2.46. The highest BCUT2D eigenvalue weighted by atomic mass is 32.1. The van der Waals surface area contributed by atoms with Gasteiger partial charge in [0.1, 0.15) is 39.8 Å². The summed E-state index contributed by atoms with van der Waals surface area (Å²) in [5.41, 5.74) is 27.9. The van der Waals surface area contributed by atoms with E-state index in [-0.39, 0.29) is 22.3 Å². The Morgan fingerprint density at radius 1 is 0.194 bits per heavy atom. The molecule has 15 heterocycles. The summed E-state index contributed by atoms with van der Waals surface area (Å²) in [6, 6.07) is 140. The number of nitrogens with zero attached hydrogens (tertiary/aromatic N) is 15. The molecule has 0 N–H and O–H groups in total. The molecule has 0 amide bonds. The van der Waals surface area contributed by atoms with E-state index >= 15 is 0 Å². The molecular weight excluding hydrogens is 1790 g/mol. The molecule has 144 heavy (non-hydrogen) atoms. The molecule has 678 valence electrons. The maximum atomic E-state index is 6.43. The van der Waals surface area contributed by atoms with Crippen LogP contribution < -0.4 is 0 Å². The van der Waals surface area contributed by atoms with Gasteiger partial charge in [-0.1, -0.05) is 253 Å². The lowest BCUT2D eigenvalue weighted by atomic mass is 10.00. The molecule has 15 aromatic heterocycles. The third-order valence-electron chi connectivity index (χ3n) is 28.7. The molecular formula is C126H81N15O2S. The zero-order chi connectivity index (χ0) is 91.9. The van der Waals surface area contributed by atoms with Gasteiger partial charge in [-0.3, -0.25) is 41.9 Å². The fraction of sp³-hybridized carbons (Fsp3) is 0.0238. The smallest absolute Gasteiger partial charge is 0.221 e. The number of para-hydroxylation sites is 9. The maximum absolute atomic E-state index is 6.43. The molecule has 0 fully saturated rings. The van der Waals surface area contributed by atoms with E-state index in [1.165, 1.54) is 63.6 Å². The van der Waals surface area contributed by atoms with Crippen molar-refractivity contribution < 1.29 is 8.83 Å². The third-order valence-corrected chi connectivity index (χ3v) is 29.8. The second kappa shape index (κ2) is 31.9. The van der Waals surface area contributed by atoms with Gasteiger partial charge in [0.2, 0.25) is 17.3 Å². The molecule has 0 spiro atoms. The van der Waals surface area contributed by atoms with Crippen molar-refractivity contribution in [3.63, 3.8) is 0 Å². The van der Waals surface area contributed by atoms with Crippen molar-refractivity contribution in [3.05, 3.63) is 419 Å². The Morgan fingerprint density at radius 3 is 0.979 bits per heavy atom. The van der Waals surface area contributed by atoms with E-state index in [0.29, 0.717) is 0 Å². The van der Waals surface area contributed by atoms with Crippen molar-refractivity contribution >= 4 is 257 Å². The quantitative estimate of drug-likeness (QED) is 0.145. The summed E-state index contributed by atoms with van der Waals surface area (Å²) < 4.78 is 28.5. The molecule has 0 aliphatic heterocycles. The molecule has 0 bridgehead atoms. The first-order valence-electron chi connectivity index (χ1n) is 47.1. The summed E-state index contributed by atoms with van der Waals surface area (Å²) in [5, 5.41) is 20.7. The van der Waals surface area contributed by atoms with Crippen LogP contribution in [0.15, 0.2) is 428 Å².